The topological polar surface area (TPSA) is 84.7 Å². The summed E-state index contributed by atoms with van der Waals surface area (Å²) in [7, 11) is 0. The molecule has 2 heterocycles. The number of nitrogens with zero attached hydrogens (tertiary/aromatic N) is 4. The molecular weight excluding hydrogens is 376 g/mol. The molecule has 0 unspecified atom stereocenters. The number of carbonyl (C=O) groups excluding carboxylic acids is 1. The molecule has 8 heteroatoms. The van der Waals surface area contributed by atoms with Crippen molar-refractivity contribution in [2.45, 2.75) is 13.8 Å². The molecule has 3 rings (SSSR count). The Kier molecular flexibility index (Phi) is 6.39. The summed E-state index contributed by atoms with van der Waals surface area (Å²) in [6, 6.07) is 12.9. The van der Waals surface area contributed by atoms with Crippen LogP contribution in [0.15, 0.2) is 48.5 Å². The second kappa shape index (κ2) is 9.14. The van der Waals surface area contributed by atoms with E-state index >= 15 is 0 Å². The lowest BCUT2D eigenvalue weighted by Gasteiger charge is -2.07. The van der Waals surface area contributed by atoms with Crippen molar-refractivity contribution in [1.29, 1.82) is 0 Å². The van der Waals surface area contributed by atoms with E-state index in [4.69, 9.17) is 11.6 Å². The fraction of sp³-hybridized carbons (Fsp3) is 0.200. The van der Waals surface area contributed by atoms with Gasteiger partial charge in [-0.05, 0) is 55.8 Å². The number of hydrogen-bond donors (Lipinski definition) is 2. The summed E-state index contributed by atoms with van der Waals surface area (Å²) in [4.78, 5) is 11.8. The third-order valence-electron chi connectivity index (χ3n) is 3.90. The van der Waals surface area contributed by atoms with Crippen molar-refractivity contribution in [2.24, 2.45) is 0 Å². The Morgan fingerprint density at radius 3 is 2.54 bits per heavy atom. The molecule has 0 saturated heterocycles. The molecule has 0 fully saturated rings. The van der Waals surface area contributed by atoms with Gasteiger partial charge in [0.05, 0.1) is 5.69 Å². The van der Waals surface area contributed by atoms with Gasteiger partial charge in [-0.15, -0.1) is 10.2 Å². The van der Waals surface area contributed by atoms with Gasteiger partial charge in [-0.2, -0.15) is 5.10 Å². The lowest BCUT2D eigenvalue weighted by Crippen LogP contribution is -2.27. The van der Waals surface area contributed by atoms with Crippen LogP contribution in [-0.4, -0.2) is 39.0 Å². The van der Waals surface area contributed by atoms with Crippen molar-refractivity contribution in [3.63, 3.8) is 0 Å². The zero-order valence-corrected chi connectivity index (χ0v) is 16.4. The SMILES string of the molecule is Cc1cc(C)n(-c2ccc(NCCNC(=O)/C=C/c3ccc(Cl)cc3)nn2)n1. The third kappa shape index (κ3) is 5.40. The number of aromatic nitrogens is 4. The van der Waals surface area contributed by atoms with Crippen molar-refractivity contribution < 1.29 is 4.79 Å². The minimum Gasteiger partial charge on any atom is -0.367 e. The maximum absolute atomic E-state index is 11.8. The maximum Gasteiger partial charge on any atom is 0.244 e. The van der Waals surface area contributed by atoms with Crippen molar-refractivity contribution in [3.05, 3.63) is 70.5 Å². The van der Waals surface area contributed by atoms with E-state index in [0.717, 1.165) is 17.0 Å². The van der Waals surface area contributed by atoms with E-state index in [0.29, 0.717) is 29.7 Å². The number of halogens is 1. The smallest absolute Gasteiger partial charge is 0.244 e. The van der Waals surface area contributed by atoms with Gasteiger partial charge in [0, 0.05) is 29.9 Å². The van der Waals surface area contributed by atoms with E-state index in [-0.39, 0.29) is 5.91 Å². The van der Waals surface area contributed by atoms with Gasteiger partial charge in [0.1, 0.15) is 5.82 Å². The number of benzene rings is 1. The molecule has 3 aromatic rings. The first-order valence-corrected chi connectivity index (χ1v) is 9.22. The highest BCUT2D eigenvalue weighted by Gasteiger charge is 2.05. The highest BCUT2D eigenvalue weighted by Crippen LogP contribution is 2.11. The molecule has 2 aromatic heterocycles. The summed E-state index contributed by atoms with van der Waals surface area (Å²) in [6.45, 7) is 4.91. The first-order valence-electron chi connectivity index (χ1n) is 8.84. The van der Waals surface area contributed by atoms with Crippen molar-refractivity contribution >= 4 is 29.4 Å². The normalized spacial score (nSPS) is 11.0. The Morgan fingerprint density at radius 1 is 1.11 bits per heavy atom. The predicted octanol–water partition coefficient (Wildman–Crippen LogP) is 3.17. The van der Waals surface area contributed by atoms with Crippen molar-refractivity contribution in [1.82, 2.24) is 25.3 Å². The first-order chi connectivity index (χ1) is 13.5. The number of anilines is 1. The average Bonchev–Trinajstić information content (AvgIpc) is 3.03. The van der Waals surface area contributed by atoms with E-state index < -0.39 is 0 Å². The van der Waals surface area contributed by atoms with Crippen LogP contribution < -0.4 is 10.6 Å². The number of amides is 1. The Morgan fingerprint density at radius 2 is 1.89 bits per heavy atom. The Hall–Kier alpha value is -3.19. The molecule has 144 valence electrons. The largest absolute Gasteiger partial charge is 0.367 e. The Labute approximate surface area is 168 Å². The molecule has 1 aromatic carbocycles. The molecule has 0 saturated carbocycles. The van der Waals surface area contributed by atoms with Gasteiger partial charge in [0.15, 0.2) is 5.82 Å². The second-order valence-electron chi connectivity index (χ2n) is 6.22. The zero-order chi connectivity index (χ0) is 19.9. The maximum atomic E-state index is 11.8. The average molecular weight is 397 g/mol. The van der Waals surface area contributed by atoms with Crippen LogP contribution in [0.5, 0.6) is 0 Å². The summed E-state index contributed by atoms with van der Waals surface area (Å²) >= 11 is 5.83. The van der Waals surface area contributed by atoms with Crippen LogP contribution in [0.25, 0.3) is 11.9 Å². The number of carbonyl (C=O) groups is 1. The quantitative estimate of drug-likeness (QED) is 0.473. The fourth-order valence-corrected chi connectivity index (χ4v) is 2.70. The number of aryl methyl sites for hydroxylation is 2. The molecular formula is C20H21ClN6O. The lowest BCUT2D eigenvalue weighted by atomic mass is 10.2. The van der Waals surface area contributed by atoms with Gasteiger partial charge < -0.3 is 10.6 Å². The highest BCUT2D eigenvalue weighted by molar-refractivity contribution is 6.30. The molecule has 28 heavy (non-hydrogen) atoms. The number of nitrogens with one attached hydrogen (secondary N) is 2. The van der Waals surface area contributed by atoms with Crippen molar-refractivity contribution in [2.75, 3.05) is 18.4 Å². The molecule has 0 aliphatic carbocycles. The van der Waals surface area contributed by atoms with Crippen LogP contribution in [0.2, 0.25) is 5.02 Å². The van der Waals surface area contributed by atoms with Crippen molar-refractivity contribution in [3.8, 4) is 5.82 Å². The minimum absolute atomic E-state index is 0.164. The van der Waals surface area contributed by atoms with E-state index in [1.54, 1.807) is 22.9 Å². The predicted molar refractivity (Wildman–Crippen MR) is 111 cm³/mol. The molecule has 0 radical (unpaired) electrons. The van der Waals surface area contributed by atoms with Gasteiger partial charge in [-0.25, -0.2) is 4.68 Å². The van der Waals surface area contributed by atoms with Crippen LogP contribution in [0, 0.1) is 13.8 Å². The molecule has 0 spiro atoms. The van der Waals surface area contributed by atoms with E-state index in [2.05, 4.69) is 25.9 Å². The Bertz CT molecular complexity index is 963. The first kappa shape index (κ1) is 19.6. The van der Waals surface area contributed by atoms with Crippen LogP contribution in [-0.2, 0) is 4.79 Å². The molecule has 0 aliphatic rings. The van der Waals surface area contributed by atoms with Gasteiger partial charge >= 0.3 is 0 Å². The van der Waals surface area contributed by atoms with Gasteiger partial charge in [-0.1, -0.05) is 23.7 Å². The van der Waals surface area contributed by atoms with E-state index in [1.807, 2.05) is 44.2 Å². The lowest BCUT2D eigenvalue weighted by molar-refractivity contribution is -0.116. The minimum atomic E-state index is -0.164. The fourth-order valence-electron chi connectivity index (χ4n) is 2.57. The number of hydrogen-bond acceptors (Lipinski definition) is 5. The summed E-state index contributed by atoms with van der Waals surface area (Å²) in [5.74, 6) is 1.13. The summed E-state index contributed by atoms with van der Waals surface area (Å²) in [5, 5.41) is 19.3. The molecule has 0 atom stereocenters. The van der Waals surface area contributed by atoms with E-state index in [9.17, 15) is 4.79 Å². The van der Waals surface area contributed by atoms with Crippen LogP contribution in [0.1, 0.15) is 17.0 Å². The standard InChI is InChI=1S/C20H21ClN6O/c1-14-13-15(2)27(26-14)19-9-8-18(24-25-19)22-11-12-23-20(28)10-5-16-3-6-17(21)7-4-16/h3-10,13H,11-12H2,1-2H3,(H,22,24)(H,23,28)/b10-5+. The monoisotopic (exact) mass is 396 g/mol. The zero-order valence-electron chi connectivity index (χ0n) is 15.7. The molecule has 0 aliphatic heterocycles. The molecule has 0 bridgehead atoms. The van der Waals surface area contributed by atoms with Gasteiger partial charge in [0.2, 0.25) is 5.91 Å². The molecule has 1 amide bonds. The highest BCUT2D eigenvalue weighted by atomic mass is 35.5. The third-order valence-corrected chi connectivity index (χ3v) is 4.16. The summed E-state index contributed by atoms with van der Waals surface area (Å²) in [6.07, 6.45) is 3.23. The Balaban J connectivity index is 1.43. The van der Waals surface area contributed by atoms with Gasteiger partial charge in [-0.3, -0.25) is 4.79 Å². The summed E-state index contributed by atoms with van der Waals surface area (Å²) < 4.78 is 1.75. The van der Waals surface area contributed by atoms with Crippen LogP contribution >= 0.6 is 11.6 Å². The molecule has 2 N–H and O–H groups in total. The van der Waals surface area contributed by atoms with Crippen LogP contribution in [0.4, 0.5) is 5.82 Å². The van der Waals surface area contributed by atoms with Crippen LogP contribution in [0.3, 0.4) is 0 Å². The van der Waals surface area contributed by atoms with E-state index in [1.165, 1.54) is 6.08 Å². The number of rotatable bonds is 7. The van der Waals surface area contributed by atoms with Gasteiger partial charge in [0.25, 0.3) is 0 Å². The summed E-state index contributed by atoms with van der Waals surface area (Å²) in [5.41, 5.74) is 2.85. The molecule has 7 nitrogen and oxygen atoms in total. The second-order valence-corrected chi connectivity index (χ2v) is 6.65.